The van der Waals surface area contributed by atoms with Crippen molar-refractivity contribution in [2.45, 2.75) is 31.7 Å². The molecule has 1 amide bonds. The first-order chi connectivity index (χ1) is 7.84. The highest BCUT2D eigenvalue weighted by molar-refractivity contribution is 5.97. The smallest absolute Gasteiger partial charge is 0.251 e. The van der Waals surface area contributed by atoms with E-state index in [-0.39, 0.29) is 5.91 Å². The van der Waals surface area contributed by atoms with E-state index in [0.717, 1.165) is 37.1 Å². The molecule has 1 aliphatic heterocycles. The van der Waals surface area contributed by atoms with Gasteiger partial charge in [-0.3, -0.25) is 4.79 Å². The van der Waals surface area contributed by atoms with Crippen molar-refractivity contribution in [2.75, 3.05) is 11.9 Å². The molecule has 2 N–H and O–H groups in total. The minimum atomic E-state index is 0.102. The quantitative estimate of drug-likeness (QED) is 0.793. The van der Waals surface area contributed by atoms with Crippen molar-refractivity contribution in [1.82, 2.24) is 5.32 Å². The van der Waals surface area contributed by atoms with Crippen molar-refractivity contribution < 1.29 is 4.79 Å². The molecule has 3 rings (SSSR count). The Labute approximate surface area is 95.2 Å². The number of carbonyl (C=O) groups is 1. The van der Waals surface area contributed by atoms with E-state index in [1.165, 1.54) is 12.0 Å². The molecule has 1 saturated carbocycles. The molecule has 0 atom stereocenters. The molecular weight excluding hydrogens is 200 g/mol. The molecule has 1 heterocycles. The maximum absolute atomic E-state index is 12.1. The van der Waals surface area contributed by atoms with Crippen LogP contribution < -0.4 is 10.6 Å². The zero-order valence-electron chi connectivity index (χ0n) is 9.25. The molecular formula is C13H16N2O. The van der Waals surface area contributed by atoms with Crippen LogP contribution >= 0.6 is 0 Å². The number of fused-ring (bicyclic) bond motifs is 1. The predicted molar refractivity (Wildman–Crippen MR) is 63.7 cm³/mol. The normalized spacial score (nSPS) is 18.5. The summed E-state index contributed by atoms with van der Waals surface area (Å²) in [7, 11) is 0. The Morgan fingerprint density at radius 2 is 2.25 bits per heavy atom. The van der Waals surface area contributed by atoms with Crippen molar-refractivity contribution in [3.8, 4) is 0 Å². The van der Waals surface area contributed by atoms with Crippen LogP contribution in [0.2, 0.25) is 0 Å². The molecule has 0 radical (unpaired) electrons. The molecule has 0 saturated heterocycles. The van der Waals surface area contributed by atoms with Crippen molar-refractivity contribution >= 4 is 11.6 Å². The van der Waals surface area contributed by atoms with Crippen molar-refractivity contribution in [1.29, 1.82) is 0 Å². The van der Waals surface area contributed by atoms with Gasteiger partial charge in [0.2, 0.25) is 0 Å². The lowest BCUT2D eigenvalue weighted by atomic mass is 9.92. The van der Waals surface area contributed by atoms with E-state index in [2.05, 4.69) is 10.6 Å². The molecule has 1 aromatic carbocycles. The minimum Gasteiger partial charge on any atom is -0.384 e. The van der Waals surface area contributed by atoms with E-state index in [1.54, 1.807) is 0 Å². The fourth-order valence-corrected chi connectivity index (χ4v) is 2.37. The van der Waals surface area contributed by atoms with Crippen LogP contribution in [-0.4, -0.2) is 18.5 Å². The van der Waals surface area contributed by atoms with Gasteiger partial charge in [-0.2, -0.15) is 0 Å². The second-order valence-corrected chi connectivity index (χ2v) is 4.61. The van der Waals surface area contributed by atoms with Crippen LogP contribution in [-0.2, 0) is 6.42 Å². The van der Waals surface area contributed by atoms with Crippen LogP contribution in [0.5, 0.6) is 0 Å². The zero-order chi connectivity index (χ0) is 11.0. The summed E-state index contributed by atoms with van der Waals surface area (Å²) in [5, 5.41) is 6.39. The van der Waals surface area contributed by atoms with Gasteiger partial charge in [0.15, 0.2) is 0 Å². The number of anilines is 1. The molecule has 3 nitrogen and oxygen atoms in total. The lowest BCUT2D eigenvalue weighted by Crippen LogP contribution is -2.39. The summed E-state index contributed by atoms with van der Waals surface area (Å²) in [4.78, 5) is 12.1. The third-order valence-electron chi connectivity index (χ3n) is 3.55. The van der Waals surface area contributed by atoms with Crippen LogP contribution in [0.25, 0.3) is 0 Å². The van der Waals surface area contributed by atoms with E-state index in [1.807, 2.05) is 18.2 Å². The Hall–Kier alpha value is -1.51. The predicted octanol–water partition coefficient (Wildman–Crippen LogP) is 1.94. The number of amides is 1. The van der Waals surface area contributed by atoms with Gasteiger partial charge in [0.05, 0.1) is 0 Å². The highest BCUT2D eigenvalue weighted by Gasteiger charge is 2.23. The van der Waals surface area contributed by atoms with Crippen LogP contribution in [0.15, 0.2) is 18.2 Å². The maximum atomic E-state index is 12.1. The average Bonchev–Trinajstić information content (AvgIpc) is 2.70. The lowest BCUT2D eigenvalue weighted by molar-refractivity contribution is 0.0916. The Balaban J connectivity index is 1.82. The molecule has 3 heteroatoms. The highest BCUT2D eigenvalue weighted by Crippen LogP contribution is 2.26. The van der Waals surface area contributed by atoms with Gasteiger partial charge in [0.25, 0.3) is 5.91 Å². The van der Waals surface area contributed by atoms with Gasteiger partial charge in [-0.05, 0) is 43.4 Å². The highest BCUT2D eigenvalue weighted by atomic mass is 16.1. The number of hydrogen-bond donors (Lipinski definition) is 2. The lowest BCUT2D eigenvalue weighted by Gasteiger charge is -2.26. The van der Waals surface area contributed by atoms with E-state index >= 15 is 0 Å². The molecule has 84 valence electrons. The molecule has 2 aliphatic rings. The fraction of sp³-hybridized carbons (Fsp3) is 0.462. The topological polar surface area (TPSA) is 41.1 Å². The van der Waals surface area contributed by atoms with Crippen molar-refractivity contribution in [3.05, 3.63) is 29.3 Å². The van der Waals surface area contributed by atoms with Gasteiger partial charge in [0, 0.05) is 23.8 Å². The Morgan fingerprint density at radius 1 is 1.38 bits per heavy atom. The number of rotatable bonds is 2. The SMILES string of the molecule is O=C(NC1CCC1)c1cccc2c1CCN2. The van der Waals surface area contributed by atoms with Gasteiger partial charge in [-0.1, -0.05) is 6.07 Å². The van der Waals surface area contributed by atoms with Crippen LogP contribution in [0.3, 0.4) is 0 Å². The molecule has 16 heavy (non-hydrogen) atoms. The summed E-state index contributed by atoms with van der Waals surface area (Å²) in [5.41, 5.74) is 3.16. The van der Waals surface area contributed by atoms with E-state index < -0.39 is 0 Å². The number of hydrogen-bond acceptors (Lipinski definition) is 2. The van der Waals surface area contributed by atoms with Gasteiger partial charge in [-0.25, -0.2) is 0 Å². The first-order valence-electron chi connectivity index (χ1n) is 6.01. The molecule has 0 aromatic heterocycles. The monoisotopic (exact) mass is 216 g/mol. The van der Waals surface area contributed by atoms with Gasteiger partial charge < -0.3 is 10.6 Å². The summed E-state index contributed by atoms with van der Waals surface area (Å²) in [5.74, 6) is 0.102. The third-order valence-corrected chi connectivity index (χ3v) is 3.55. The average molecular weight is 216 g/mol. The van der Waals surface area contributed by atoms with E-state index in [0.29, 0.717) is 6.04 Å². The van der Waals surface area contributed by atoms with Crippen LogP contribution in [0, 0.1) is 0 Å². The fourth-order valence-electron chi connectivity index (χ4n) is 2.37. The van der Waals surface area contributed by atoms with Crippen molar-refractivity contribution in [2.24, 2.45) is 0 Å². The molecule has 0 unspecified atom stereocenters. The summed E-state index contributed by atoms with van der Waals surface area (Å²) in [6.45, 7) is 0.947. The summed E-state index contributed by atoms with van der Waals surface area (Å²) in [6, 6.07) is 6.34. The molecule has 1 aromatic rings. The first kappa shape index (κ1) is 9.70. The summed E-state index contributed by atoms with van der Waals surface area (Å²) < 4.78 is 0. The zero-order valence-corrected chi connectivity index (χ0v) is 9.25. The van der Waals surface area contributed by atoms with Gasteiger partial charge in [-0.15, -0.1) is 0 Å². The second kappa shape index (κ2) is 3.81. The molecule has 1 fully saturated rings. The van der Waals surface area contributed by atoms with Crippen molar-refractivity contribution in [3.63, 3.8) is 0 Å². The standard InChI is InChI=1S/C13H16N2O/c16-13(15-9-3-1-4-9)11-5-2-6-12-10(11)7-8-14-12/h2,5-6,9,14H,1,3-4,7-8H2,(H,15,16). The number of carbonyl (C=O) groups excluding carboxylic acids is 1. The molecule has 0 bridgehead atoms. The van der Waals surface area contributed by atoms with Crippen LogP contribution in [0.4, 0.5) is 5.69 Å². The maximum Gasteiger partial charge on any atom is 0.251 e. The van der Waals surface area contributed by atoms with Gasteiger partial charge >= 0.3 is 0 Å². The molecule has 1 aliphatic carbocycles. The Bertz CT molecular complexity index is 424. The third kappa shape index (κ3) is 1.56. The minimum absolute atomic E-state index is 0.102. The van der Waals surface area contributed by atoms with Gasteiger partial charge in [0.1, 0.15) is 0 Å². The number of nitrogens with one attached hydrogen (secondary N) is 2. The summed E-state index contributed by atoms with van der Waals surface area (Å²) in [6.07, 6.45) is 4.49. The second-order valence-electron chi connectivity index (χ2n) is 4.61. The van der Waals surface area contributed by atoms with E-state index in [9.17, 15) is 4.79 Å². The molecule has 0 spiro atoms. The Kier molecular flexibility index (Phi) is 2.31. The summed E-state index contributed by atoms with van der Waals surface area (Å²) >= 11 is 0. The number of benzene rings is 1. The first-order valence-corrected chi connectivity index (χ1v) is 6.01. The van der Waals surface area contributed by atoms with Crippen LogP contribution in [0.1, 0.15) is 35.2 Å². The van der Waals surface area contributed by atoms with E-state index in [4.69, 9.17) is 0 Å². The largest absolute Gasteiger partial charge is 0.384 e. The Morgan fingerprint density at radius 3 is 3.00 bits per heavy atom.